The van der Waals surface area contributed by atoms with E-state index in [-0.39, 0.29) is 5.91 Å². The van der Waals surface area contributed by atoms with E-state index >= 15 is 0 Å². The van der Waals surface area contributed by atoms with Crippen LogP contribution >= 0.6 is 15.9 Å². The number of nitrogens with one attached hydrogen (secondary N) is 2. The number of carbonyl (C=O) groups is 1. The molecule has 1 aliphatic rings. The SMILES string of the molecule is O=C(NCC(O)C1CC1)c1cc(Br)c[nH]1. The molecule has 0 spiro atoms. The molecule has 0 aromatic carbocycles. The van der Waals surface area contributed by atoms with Crippen molar-refractivity contribution in [3.8, 4) is 0 Å². The van der Waals surface area contributed by atoms with Crippen LogP contribution in [-0.4, -0.2) is 28.6 Å². The average Bonchev–Trinajstić information content (AvgIpc) is 2.97. The maximum Gasteiger partial charge on any atom is 0.267 e. The summed E-state index contributed by atoms with van der Waals surface area (Å²) in [5.41, 5.74) is 0.505. The number of carbonyl (C=O) groups excluding carboxylic acids is 1. The van der Waals surface area contributed by atoms with Gasteiger partial charge in [0, 0.05) is 17.2 Å². The van der Waals surface area contributed by atoms with E-state index < -0.39 is 6.10 Å². The van der Waals surface area contributed by atoms with Crippen LogP contribution in [0.2, 0.25) is 0 Å². The van der Waals surface area contributed by atoms with Crippen molar-refractivity contribution < 1.29 is 9.90 Å². The Bertz CT molecular complexity index is 360. The van der Waals surface area contributed by atoms with Crippen LogP contribution in [0, 0.1) is 5.92 Å². The topological polar surface area (TPSA) is 65.1 Å². The Morgan fingerprint density at radius 3 is 3.00 bits per heavy atom. The van der Waals surface area contributed by atoms with Crippen LogP contribution in [0.25, 0.3) is 0 Å². The van der Waals surface area contributed by atoms with Crippen molar-refractivity contribution in [3.63, 3.8) is 0 Å². The third kappa shape index (κ3) is 2.82. The van der Waals surface area contributed by atoms with Gasteiger partial charge in [-0.3, -0.25) is 4.79 Å². The molecule has 1 atom stereocenters. The van der Waals surface area contributed by atoms with Crippen LogP contribution in [0.5, 0.6) is 0 Å². The van der Waals surface area contributed by atoms with Crippen LogP contribution in [0.4, 0.5) is 0 Å². The molecule has 4 nitrogen and oxygen atoms in total. The highest BCUT2D eigenvalue weighted by Gasteiger charge is 2.29. The van der Waals surface area contributed by atoms with Gasteiger partial charge in [-0.1, -0.05) is 0 Å². The molecule has 0 bridgehead atoms. The second-order valence-electron chi connectivity index (χ2n) is 3.85. The second kappa shape index (κ2) is 4.37. The molecule has 5 heteroatoms. The van der Waals surface area contributed by atoms with Gasteiger partial charge in [-0.15, -0.1) is 0 Å². The van der Waals surface area contributed by atoms with E-state index in [1.54, 1.807) is 12.3 Å². The molecule has 2 rings (SSSR count). The molecule has 1 amide bonds. The van der Waals surface area contributed by atoms with E-state index in [1.165, 1.54) is 0 Å². The lowest BCUT2D eigenvalue weighted by atomic mass is 10.2. The number of hydrogen-bond donors (Lipinski definition) is 3. The standard InChI is InChI=1S/C10H13BrN2O2/c11-7-3-8(12-4-7)10(15)13-5-9(14)6-1-2-6/h3-4,6,9,12,14H,1-2,5H2,(H,13,15). The minimum absolute atomic E-state index is 0.180. The summed E-state index contributed by atoms with van der Waals surface area (Å²) in [5.74, 6) is 0.209. The Kier molecular flexibility index (Phi) is 3.11. The van der Waals surface area contributed by atoms with E-state index in [2.05, 4.69) is 26.2 Å². The molecule has 0 radical (unpaired) electrons. The van der Waals surface area contributed by atoms with E-state index in [9.17, 15) is 9.90 Å². The number of halogens is 1. The van der Waals surface area contributed by atoms with Crippen molar-refractivity contribution in [2.75, 3.05) is 6.54 Å². The van der Waals surface area contributed by atoms with Crippen LogP contribution in [0.1, 0.15) is 23.3 Å². The quantitative estimate of drug-likeness (QED) is 0.773. The molecule has 1 aliphatic carbocycles. The molecular weight excluding hydrogens is 260 g/mol. The lowest BCUT2D eigenvalue weighted by Crippen LogP contribution is -2.33. The van der Waals surface area contributed by atoms with Crippen molar-refractivity contribution in [2.24, 2.45) is 5.92 Å². The summed E-state index contributed by atoms with van der Waals surface area (Å²) in [4.78, 5) is 14.4. The fourth-order valence-corrected chi connectivity index (χ4v) is 1.78. The summed E-state index contributed by atoms with van der Waals surface area (Å²) in [7, 11) is 0. The van der Waals surface area contributed by atoms with Crippen LogP contribution < -0.4 is 5.32 Å². The first kappa shape index (κ1) is 10.7. The monoisotopic (exact) mass is 272 g/mol. The maximum atomic E-state index is 11.5. The van der Waals surface area contributed by atoms with Gasteiger partial charge in [-0.05, 0) is 40.8 Å². The number of aliphatic hydroxyl groups excluding tert-OH is 1. The van der Waals surface area contributed by atoms with Gasteiger partial charge in [0.15, 0.2) is 0 Å². The molecule has 3 N–H and O–H groups in total. The summed E-state index contributed by atoms with van der Waals surface area (Å²) >= 11 is 3.25. The van der Waals surface area contributed by atoms with Gasteiger partial charge in [-0.2, -0.15) is 0 Å². The van der Waals surface area contributed by atoms with Crippen LogP contribution in [0.3, 0.4) is 0 Å². The van der Waals surface area contributed by atoms with Crippen molar-refractivity contribution in [1.29, 1.82) is 0 Å². The predicted octanol–water partition coefficient (Wildman–Crippen LogP) is 1.28. The Balaban J connectivity index is 1.81. The summed E-state index contributed by atoms with van der Waals surface area (Å²) in [5, 5.41) is 12.2. The minimum atomic E-state index is -0.396. The molecule has 15 heavy (non-hydrogen) atoms. The first-order valence-electron chi connectivity index (χ1n) is 4.97. The van der Waals surface area contributed by atoms with Crippen molar-refractivity contribution in [1.82, 2.24) is 10.3 Å². The van der Waals surface area contributed by atoms with E-state index in [0.29, 0.717) is 18.2 Å². The summed E-state index contributed by atoms with van der Waals surface area (Å²) in [6.45, 7) is 0.333. The molecule has 82 valence electrons. The van der Waals surface area contributed by atoms with Gasteiger partial charge >= 0.3 is 0 Å². The lowest BCUT2D eigenvalue weighted by molar-refractivity contribution is 0.0897. The van der Waals surface area contributed by atoms with E-state index in [1.807, 2.05) is 0 Å². The molecule has 1 heterocycles. The normalized spacial score (nSPS) is 17.5. The summed E-state index contributed by atoms with van der Waals surface area (Å²) in [6, 6.07) is 1.71. The highest BCUT2D eigenvalue weighted by atomic mass is 79.9. The Labute approximate surface area is 96.2 Å². The number of amides is 1. The number of aromatic nitrogens is 1. The smallest absolute Gasteiger partial charge is 0.267 e. The largest absolute Gasteiger partial charge is 0.391 e. The Morgan fingerprint density at radius 1 is 1.73 bits per heavy atom. The number of hydrogen-bond acceptors (Lipinski definition) is 2. The number of rotatable bonds is 4. The minimum Gasteiger partial charge on any atom is -0.391 e. The van der Waals surface area contributed by atoms with E-state index in [0.717, 1.165) is 17.3 Å². The molecule has 0 aliphatic heterocycles. The van der Waals surface area contributed by atoms with Gasteiger partial charge in [-0.25, -0.2) is 0 Å². The third-order valence-electron chi connectivity index (χ3n) is 2.53. The Hall–Kier alpha value is -0.810. The summed E-state index contributed by atoms with van der Waals surface area (Å²) < 4.78 is 0.843. The zero-order valence-corrected chi connectivity index (χ0v) is 9.75. The van der Waals surface area contributed by atoms with Gasteiger partial charge in [0.2, 0.25) is 0 Å². The lowest BCUT2D eigenvalue weighted by Gasteiger charge is -2.09. The number of H-pyrrole nitrogens is 1. The first-order chi connectivity index (χ1) is 7.16. The van der Waals surface area contributed by atoms with Crippen molar-refractivity contribution >= 4 is 21.8 Å². The van der Waals surface area contributed by atoms with Gasteiger partial charge in [0.25, 0.3) is 5.91 Å². The Morgan fingerprint density at radius 2 is 2.47 bits per heavy atom. The number of aliphatic hydroxyl groups is 1. The molecule has 1 unspecified atom stereocenters. The summed E-state index contributed by atoms with van der Waals surface area (Å²) in [6.07, 6.45) is 3.45. The van der Waals surface area contributed by atoms with Gasteiger partial charge in [0.1, 0.15) is 5.69 Å². The maximum absolute atomic E-state index is 11.5. The highest BCUT2D eigenvalue weighted by Crippen LogP contribution is 2.32. The molecular formula is C10H13BrN2O2. The van der Waals surface area contributed by atoms with Crippen LogP contribution in [-0.2, 0) is 0 Å². The van der Waals surface area contributed by atoms with Crippen molar-refractivity contribution in [3.05, 3.63) is 22.4 Å². The zero-order chi connectivity index (χ0) is 10.8. The molecule has 0 saturated heterocycles. The molecule has 1 fully saturated rings. The zero-order valence-electron chi connectivity index (χ0n) is 8.16. The average molecular weight is 273 g/mol. The third-order valence-corrected chi connectivity index (χ3v) is 2.99. The highest BCUT2D eigenvalue weighted by molar-refractivity contribution is 9.10. The number of aromatic amines is 1. The van der Waals surface area contributed by atoms with Gasteiger partial charge < -0.3 is 15.4 Å². The van der Waals surface area contributed by atoms with Crippen LogP contribution in [0.15, 0.2) is 16.7 Å². The van der Waals surface area contributed by atoms with E-state index in [4.69, 9.17) is 0 Å². The predicted molar refractivity (Wildman–Crippen MR) is 59.6 cm³/mol. The molecule has 1 aromatic rings. The fourth-order valence-electron chi connectivity index (χ4n) is 1.44. The van der Waals surface area contributed by atoms with Gasteiger partial charge in [0.05, 0.1) is 6.10 Å². The second-order valence-corrected chi connectivity index (χ2v) is 4.76. The van der Waals surface area contributed by atoms with Crippen molar-refractivity contribution in [2.45, 2.75) is 18.9 Å². The fraction of sp³-hybridized carbons (Fsp3) is 0.500. The molecule has 1 aromatic heterocycles. The molecule has 1 saturated carbocycles. The first-order valence-corrected chi connectivity index (χ1v) is 5.76.